The van der Waals surface area contributed by atoms with E-state index in [2.05, 4.69) is 79.8 Å². The van der Waals surface area contributed by atoms with Gasteiger partial charge in [-0.05, 0) is 29.0 Å². The smallest absolute Gasteiger partial charge is 1.00 e. The summed E-state index contributed by atoms with van der Waals surface area (Å²) in [5, 5.41) is 0. The molecular weight excluding hydrogens is 438 g/mol. The van der Waals surface area contributed by atoms with Crippen LogP contribution in [0.1, 0.15) is 43.2 Å². The Kier molecular flexibility index (Phi) is 9.59. The maximum absolute atomic E-state index is 2.44. The molecule has 4 rings (SSSR count). The quantitative estimate of drug-likeness (QED) is 0.588. The van der Waals surface area contributed by atoms with Crippen LogP contribution in [-0.4, -0.2) is 0 Å². The van der Waals surface area contributed by atoms with Crippen molar-refractivity contribution in [3.05, 3.63) is 89.1 Å². The Bertz CT molecular complexity index is 755. The van der Waals surface area contributed by atoms with E-state index in [4.69, 9.17) is 0 Å². The van der Waals surface area contributed by atoms with E-state index in [1.165, 1.54) is 36.0 Å². The van der Waals surface area contributed by atoms with Crippen LogP contribution in [0.2, 0.25) is 0 Å². The van der Waals surface area contributed by atoms with Crippen molar-refractivity contribution in [1.29, 1.82) is 0 Å². The Labute approximate surface area is 189 Å². The maximum Gasteiger partial charge on any atom is 2.00 e. The van der Waals surface area contributed by atoms with Gasteiger partial charge in [-0.15, -0.1) is 0 Å². The van der Waals surface area contributed by atoms with Gasteiger partial charge in [0.1, 0.15) is 0 Å². The van der Waals surface area contributed by atoms with Gasteiger partial charge in [-0.3, -0.25) is 0 Å². The fourth-order valence-electron chi connectivity index (χ4n) is 4.28. The van der Waals surface area contributed by atoms with E-state index in [-0.39, 0.29) is 51.0 Å². The van der Waals surface area contributed by atoms with Crippen LogP contribution in [0.4, 0.5) is 0 Å². The summed E-state index contributed by atoms with van der Waals surface area (Å²) in [5.41, 5.74) is 5.99. The average Bonchev–Trinajstić information content (AvgIpc) is 3.21. The minimum absolute atomic E-state index is 0. The molecule has 3 heteroatoms. The summed E-state index contributed by atoms with van der Waals surface area (Å²) in [4.78, 5) is 0. The molecule has 0 bridgehead atoms. The van der Waals surface area contributed by atoms with Crippen molar-refractivity contribution in [2.24, 2.45) is 11.8 Å². The Morgan fingerprint density at radius 2 is 1.77 bits per heavy atom. The number of hydrogen-bond donors (Lipinski definition) is 0. The van der Waals surface area contributed by atoms with Gasteiger partial charge in [0.25, 0.3) is 0 Å². The molecule has 0 saturated carbocycles. The van der Waals surface area contributed by atoms with Crippen molar-refractivity contribution >= 4 is 6.08 Å². The second-order valence-electron chi connectivity index (χ2n) is 6.82. The normalized spacial score (nSPS) is 22.2. The summed E-state index contributed by atoms with van der Waals surface area (Å²) >= 11 is 0. The van der Waals surface area contributed by atoms with Crippen molar-refractivity contribution in [1.82, 2.24) is 0 Å². The number of benzene rings is 1. The third-order valence-corrected chi connectivity index (χ3v) is 5.46. The number of unbranched alkanes of at least 4 members (excludes halogenated alkanes) is 1. The fourth-order valence-corrected chi connectivity index (χ4v) is 4.28. The summed E-state index contributed by atoms with van der Waals surface area (Å²) in [6, 6.07) is 8.90. The molecule has 0 spiro atoms. The van der Waals surface area contributed by atoms with Crippen molar-refractivity contribution in [2.75, 3.05) is 0 Å². The molecule has 0 amide bonds. The first-order valence-electron chi connectivity index (χ1n) is 8.92. The van der Waals surface area contributed by atoms with Crippen LogP contribution in [0.15, 0.2) is 77.9 Å². The second-order valence-corrected chi connectivity index (χ2v) is 6.82. The molecule has 0 radical (unpaired) electrons. The van der Waals surface area contributed by atoms with Crippen LogP contribution in [0, 0.1) is 11.8 Å². The molecule has 0 aromatic heterocycles. The third-order valence-electron chi connectivity index (χ3n) is 5.46. The van der Waals surface area contributed by atoms with Gasteiger partial charge >= 0.3 is 26.2 Å². The molecule has 3 aliphatic carbocycles. The molecule has 0 N–H and O–H groups in total. The van der Waals surface area contributed by atoms with Gasteiger partial charge in [-0.2, -0.15) is 0 Å². The van der Waals surface area contributed by atoms with Gasteiger partial charge in [-0.1, -0.05) is 98.2 Å². The molecule has 3 atom stereocenters. The molecule has 0 saturated heterocycles. The Balaban J connectivity index is 0.00000113. The molecule has 0 aliphatic heterocycles. The van der Waals surface area contributed by atoms with Gasteiger partial charge in [0.2, 0.25) is 0 Å². The summed E-state index contributed by atoms with van der Waals surface area (Å²) in [7, 11) is 0. The first kappa shape index (κ1) is 23.4. The van der Waals surface area contributed by atoms with Crippen LogP contribution in [0.3, 0.4) is 0 Å². The summed E-state index contributed by atoms with van der Waals surface area (Å²) in [6.45, 7) is 2.30. The molecule has 0 nitrogen and oxygen atoms in total. The van der Waals surface area contributed by atoms with E-state index in [0.717, 1.165) is 0 Å². The number of fused-ring (bicyclic) bond motifs is 2. The SMILES string of the molecule is CCCCC(C1=CC=C2C=CC=CC21)C1C=Cc2ccccc21.[Cl-].[Cl-].[Zr+2]. The monoisotopic (exact) mass is 460 g/mol. The predicted molar refractivity (Wildman–Crippen MR) is 99.2 cm³/mol. The number of hydrogen-bond acceptors (Lipinski definition) is 0. The molecule has 134 valence electrons. The fraction of sp³-hybridized carbons (Fsp3) is 0.304. The van der Waals surface area contributed by atoms with Gasteiger partial charge in [-0.25, -0.2) is 0 Å². The molecule has 0 fully saturated rings. The number of allylic oxidation sites excluding steroid dienone is 9. The van der Waals surface area contributed by atoms with Crippen LogP contribution in [-0.2, 0) is 26.2 Å². The van der Waals surface area contributed by atoms with E-state index >= 15 is 0 Å². The van der Waals surface area contributed by atoms with E-state index in [1.807, 2.05) is 0 Å². The molecular formula is C23H24Cl2Zr. The third kappa shape index (κ3) is 4.44. The molecule has 3 aliphatic rings. The van der Waals surface area contributed by atoms with Crippen LogP contribution in [0.5, 0.6) is 0 Å². The van der Waals surface area contributed by atoms with Crippen LogP contribution >= 0.6 is 0 Å². The van der Waals surface area contributed by atoms with Gasteiger partial charge in [0.05, 0.1) is 0 Å². The topological polar surface area (TPSA) is 0 Å². The zero-order chi connectivity index (χ0) is 15.6. The van der Waals surface area contributed by atoms with Crippen molar-refractivity contribution < 1.29 is 51.0 Å². The van der Waals surface area contributed by atoms with Gasteiger partial charge in [0, 0.05) is 11.8 Å². The van der Waals surface area contributed by atoms with Crippen molar-refractivity contribution in [3.63, 3.8) is 0 Å². The van der Waals surface area contributed by atoms with E-state index < -0.39 is 0 Å². The summed E-state index contributed by atoms with van der Waals surface area (Å²) < 4.78 is 0. The average molecular weight is 463 g/mol. The predicted octanol–water partition coefficient (Wildman–Crippen LogP) is 0.218. The Morgan fingerprint density at radius 3 is 2.58 bits per heavy atom. The molecule has 1 aromatic rings. The first-order chi connectivity index (χ1) is 11.4. The Morgan fingerprint density at radius 1 is 0.962 bits per heavy atom. The van der Waals surface area contributed by atoms with Crippen LogP contribution < -0.4 is 24.8 Å². The first-order valence-corrected chi connectivity index (χ1v) is 8.92. The zero-order valence-corrected chi connectivity index (χ0v) is 19.0. The molecule has 26 heavy (non-hydrogen) atoms. The number of rotatable bonds is 5. The molecule has 3 unspecified atom stereocenters. The minimum atomic E-state index is 0. The minimum Gasteiger partial charge on any atom is -1.00 e. The zero-order valence-electron chi connectivity index (χ0n) is 15.0. The second kappa shape index (κ2) is 10.6. The largest absolute Gasteiger partial charge is 2.00 e. The van der Waals surface area contributed by atoms with Crippen molar-refractivity contribution in [2.45, 2.75) is 32.1 Å². The van der Waals surface area contributed by atoms with Gasteiger partial charge in [0.15, 0.2) is 0 Å². The van der Waals surface area contributed by atoms with E-state index in [9.17, 15) is 0 Å². The van der Waals surface area contributed by atoms with Crippen molar-refractivity contribution in [3.8, 4) is 0 Å². The number of halogens is 2. The Hall–Kier alpha value is -0.617. The molecule has 0 heterocycles. The molecule has 1 aromatic carbocycles. The van der Waals surface area contributed by atoms with Crippen LogP contribution in [0.25, 0.3) is 6.08 Å². The summed E-state index contributed by atoms with van der Waals surface area (Å²) in [6.07, 6.45) is 22.3. The van der Waals surface area contributed by atoms with E-state index in [0.29, 0.717) is 17.8 Å². The maximum atomic E-state index is 2.44. The van der Waals surface area contributed by atoms with Gasteiger partial charge < -0.3 is 24.8 Å². The van der Waals surface area contributed by atoms with E-state index in [1.54, 1.807) is 5.57 Å². The summed E-state index contributed by atoms with van der Waals surface area (Å²) in [5.74, 6) is 1.66. The standard InChI is InChI=1S/C23H24.2ClH.Zr/c1-2-3-10-21(22-15-13-17-8-4-6-11-19(17)22)23-16-14-18-9-5-7-12-20(18)23;;;/h4-9,11-16,19,21,23H,2-3,10H2,1H3;2*1H;/q;;;+2/p-2.